The lowest BCUT2D eigenvalue weighted by atomic mass is 9.79. The number of aliphatic hydroxyl groups excluding tert-OH is 1. The molecule has 1 atom stereocenters. The topological polar surface area (TPSA) is 52.6 Å². The highest BCUT2D eigenvalue weighted by molar-refractivity contribution is 5.82. The molecule has 4 nitrogen and oxygen atoms in total. The Morgan fingerprint density at radius 1 is 1.41 bits per heavy atom. The molecule has 0 aliphatic carbocycles. The average Bonchev–Trinajstić information content (AvgIpc) is 2.32. The van der Waals surface area contributed by atoms with Gasteiger partial charge in [-0.25, -0.2) is 0 Å². The molecular formula is C13H28N2O2. The lowest BCUT2D eigenvalue weighted by Crippen LogP contribution is -2.47. The standard InChI is InChI=1S/C11H22N2O2.C2H6/c1-9(14)8-12-10(15)11(2)4-6-13(3)7-5-11;1-2/h9,14H,4-8H2,1-3H3,(H,12,15);1-2H3. The maximum atomic E-state index is 11.9. The van der Waals surface area contributed by atoms with Crippen LogP contribution in [0.15, 0.2) is 0 Å². The van der Waals surface area contributed by atoms with E-state index < -0.39 is 6.10 Å². The number of hydrogen-bond acceptors (Lipinski definition) is 3. The Labute approximate surface area is 105 Å². The van der Waals surface area contributed by atoms with Crippen molar-refractivity contribution in [2.75, 3.05) is 26.7 Å². The smallest absolute Gasteiger partial charge is 0.226 e. The van der Waals surface area contributed by atoms with Crippen molar-refractivity contribution in [2.24, 2.45) is 5.41 Å². The third kappa shape index (κ3) is 5.50. The zero-order valence-corrected chi connectivity index (χ0v) is 11.9. The lowest BCUT2D eigenvalue weighted by Gasteiger charge is -2.36. The van der Waals surface area contributed by atoms with Gasteiger partial charge in [0, 0.05) is 12.0 Å². The first-order valence-electron chi connectivity index (χ1n) is 6.59. The number of carbonyl (C=O) groups excluding carboxylic acids is 1. The van der Waals surface area contributed by atoms with Crippen LogP contribution in [0.3, 0.4) is 0 Å². The van der Waals surface area contributed by atoms with Gasteiger partial charge in [-0.3, -0.25) is 4.79 Å². The van der Waals surface area contributed by atoms with Crippen molar-refractivity contribution in [3.05, 3.63) is 0 Å². The zero-order chi connectivity index (χ0) is 13.5. The predicted molar refractivity (Wildman–Crippen MR) is 70.9 cm³/mol. The van der Waals surface area contributed by atoms with E-state index in [1.165, 1.54) is 0 Å². The van der Waals surface area contributed by atoms with Gasteiger partial charge in [0.2, 0.25) is 5.91 Å². The first-order chi connectivity index (χ1) is 7.94. The number of nitrogens with one attached hydrogen (secondary N) is 1. The van der Waals surface area contributed by atoms with Crippen LogP contribution in [0.4, 0.5) is 0 Å². The number of carbonyl (C=O) groups is 1. The van der Waals surface area contributed by atoms with Crippen LogP contribution in [0, 0.1) is 5.41 Å². The van der Waals surface area contributed by atoms with Gasteiger partial charge in [-0.1, -0.05) is 20.8 Å². The molecule has 2 N–H and O–H groups in total. The number of hydrogen-bond donors (Lipinski definition) is 2. The molecule has 1 heterocycles. The molecule has 0 aromatic heterocycles. The summed E-state index contributed by atoms with van der Waals surface area (Å²) < 4.78 is 0. The number of likely N-dealkylation sites (tertiary alicyclic amines) is 1. The molecule has 0 aromatic carbocycles. The summed E-state index contributed by atoms with van der Waals surface area (Å²) in [4.78, 5) is 14.1. The minimum Gasteiger partial charge on any atom is -0.392 e. The Hall–Kier alpha value is -0.610. The van der Waals surface area contributed by atoms with Gasteiger partial charge in [0.05, 0.1) is 6.10 Å². The summed E-state index contributed by atoms with van der Waals surface area (Å²) in [5, 5.41) is 11.9. The molecule has 0 saturated carbocycles. The van der Waals surface area contributed by atoms with Crippen molar-refractivity contribution in [2.45, 2.75) is 46.6 Å². The first kappa shape index (κ1) is 16.4. The van der Waals surface area contributed by atoms with Crippen molar-refractivity contribution in [3.8, 4) is 0 Å². The van der Waals surface area contributed by atoms with Crippen molar-refractivity contribution in [1.29, 1.82) is 0 Å². The second-order valence-electron chi connectivity index (χ2n) is 4.92. The highest BCUT2D eigenvalue weighted by atomic mass is 16.3. The molecule has 4 heteroatoms. The van der Waals surface area contributed by atoms with Crippen molar-refractivity contribution < 1.29 is 9.90 Å². The Morgan fingerprint density at radius 3 is 2.29 bits per heavy atom. The van der Waals surface area contributed by atoms with Gasteiger partial charge in [-0.05, 0) is 39.9 Å². The molecule has 0 radical (unpaired) electrons. The van der Waals surface area contributed by atoms with Crippen LogP contribution in [-0.2, 0) is 4.79 Å². The highest BCUT2D eigenvalue weighted by Gasteiger charge is 2.35. The molecule has 1 fully saturated rings. The molecule has 1 unspecified atom stereocenters. The fourth-order valence-corrected chi connectivity index (χ4v) is 1.79. The summed E-state index contributed by atoms with van der Waals surface area (Å²) in [5.74, 6) is 0.0801. The van der Waals surface area contributed by atoms with Gasteiger partial charge in [0.25, 0.3) is 0 Å². The highest BCUT2D eigenvalue weighted by Crippen LogP contribution is 2.30. The van der Waals surface area contributed by atoms with Crippen LogP contribution in [0.5, 0.6) is 0 Å². The summed E-state index contributed by atoms with van der Waals surface area (Å²) in [6.45, 7) is 9.98. The van der Waals surface area contributed by atoms with Gasteiger partial charge >= 0.3 is 0 Å². The van der Waals surface area contributed by atoms with Gasteiger partial charge in [-0.2, -0.15) is 0 Å². The van der Waals surface area contributed by atoms with E-state index in [9.17, 15) is 4.79 Å². The predicted octanol–water partition coefficient (Wildman–Crippen LogP) is 1.24. The maximum Gasteiger partial charge on any atom is 0.226 e. The Bertz CT molecular complexity index is 221. The molecule has 1 aliphatic rings. The largest absolute Gasteiger partial charge is 0.392 e. The third-order valence-corrected chi connectivity index (χ3v) is 3.20. The normalized spacial score (nSPS) is 21.1. The fourth-order valence-electron chi connectivity index (χ4n) is 1.79. The molecular weight excluding hydrogens is 216 g/mol. The Kier molecular flexibility index (Phi) is 7.39. The quantitative estimate of drug-likeness (QED) is 0.785. The van der Waals surface area contributed by atoms with Crippen LogP contribution in [0.1, 0.15) is 40.5 Å². The van der Waals surface area contributed by atoms with Gasteiger partial charge in [-0.15, -0.1) is 0 Å². The van der Waals surface area contributed by atoms with Crippen LogP contribution in [0.25, 0.3) is 0 Å². The molecule has 102 valence electrons. The number of aliphatic hydroxyl groups is 1. The molecule has 0 bridgehead atoms. The number of piperidine rings is 1. The summed E-state index contributed by atoms with van der Waals surface area (Å²) in [7, 11) is 2.08. The minimum absolute atomic E-state index is 0.0801. The SMILES string of the molecule is CC.CC(O)CNC(=O)C1(C)CCN(C)CC1. The molecule has 1 saturated heterocycles. The van der Waals surface area contributed by atoms with Crippen LogP contribution in [-0.4, -0.2) is 48.7 Å². The Balaban J connectivity index is 0.00000121. The minimum atomic E-state index is -0.469. The molecule has 1 aliphatic heterocycles. The first-order valence-corrected chi connectivity index (χ1v) is 6.59. The van der Waals surface area contributed by atoms with E-state index in [2.05, 4.69) is 17.3 Å². The zero-order valence-electron chi connectivity index (χ0n) is 11.9. The second kappa shape index (κ2) is 7.67. The van der Waals surface area contributed by atoms with E-state index in [1.807, 2.05) is 20.8 Å². The molecule has 17 heavy (non-hydrogen) atoms. The van der Waals surface area contributed by atoms with Crippen molar-refractivity contribution >= 4 is 5.91 Å². The molecule has 1 rings (SSSR count). The molecule has 0 spiro atoms. The van der Waals surface area contributed by atoms with Gasteiger partial charge in [0.1, 0.15) is 0 Å². The van der Waals surface area contributed by atoms with E-state index in [0.717, 1.165) is 25.9 Å². The van der Waals surface area contributed by atoms with E-state index in [4.69, 9.17) is 5.11 Å². The second-order valence-corrected chi connectivity index (χ2v) is 4.92. The summed E-state index contributed by atoms with van der Waals surface area (Å²) in [6, 6.07) is 0. The summed E-state index contributed by atoms with van der Waals surface area (Å²) in [6.07, 6.45) is 1.33. The average molecular weight is 244 g/mol. The number of amides is 1. The van der Waals surface area contributed by atoms with Crippen LogP contribution < -0.4 is 5.32 Å². The third-order valence-electron chi connectivity index (χ3n) is 3.20. The van der Waals surface area contributed by atoms with E-state index in [-0.39, 0.29) is 11.3 Å². The van der Waals surface area contributed by atoms with E-state index >= 15 is 0 Å². The Morgan fingerprint density at radius 2 is 1.88 bits per heavy atom. The van der Waals surface area contributed by atoms with Crippen molar-refractivity contribution in [3.63, 3.8) is 0 Å². The van der Waals surface area contributed by atoms with E-state index in [1.54, 1.807) is 6.92 Å². The monoisotopic (exact) mass is 244 g/mol. The van der Waals surface area contributed by atoms with Crippen molar-refractivity contribution in [1.82, 2.24) is 10.2 Å². The van der Waals surface area contributed by atoms with Crippen LogP contribution in [0.2, 0.25) is 0 Å². The van der Waals surface area contributed by atoms with Gasteiger partial charge < -0.3 is 15.3 Å². The van der Waals surface area contributed by atoms with E-state index in [0.29, 0.717) is 6.54 Å². The lowest BCUT2D eigenvalue weighted by molar-refractivity contribution is -0.133. The van der Waals surface area contributed by atoms with Gasteiger partial charge in [0.15, 0.2) is 0 Å². The molecule has 0 aromatic rings. The fraction of sp³-hybridized carbons (Fsp3) is 0.923. The molecule has 1 amide bonds. The van der Waals surface area contributed by atoms with Crippen LogP contribution >= 0.6 is 0 Å². The summed E-state index contributed by atoms with van der Waals surface area (Å²) >= 11 is 0. The summed E-state index contributed by atoms with van der Waals surface area (Å²) in [5.41, 5.74) is -0.249. The number of nitrogens with zero attached hydrogens (tertiary/aromatic N) is 1. The maximum absolute atomic E-state index is 11.9. The number of rotatable bonds is 3.